The molecule has 4 aromatic rings. The van der Waals surface area contributed by atoms with Crippen molar-refractivity contribution in [2.45, 2.75) is 20.5 Å². The van der Waals surface area contributed by atoms with E-state index in [2.05, 4.69) is 50.0 Å². The van der Waals surface area contributed by atoms with E-state index in [-0.39, 0.29) is 0 Å². The topological polar surface area (TPSA) is 89.0 Å². The highest BCUT2D eigenvalue weighted by atomic mass is 79.9. The summed E-state index contributed by atoms with van der Waals surface area (Å²) in [6, 6.07) is 23.4. The monoisotopic (exact) mass is 559 g/mol. The standard InChI is InChI=1S/C29H26BrN3O4/c1-18-11-12-19(2)25(13-18)32-28(34)29(35)33-31-16-20-14-24(30)27(26(15-20)36-3)37-17-22-9-6-8-21-7-4-5-10-23(21)22/h4-16H,17H2,1-3H3,(H,32,34)(H,33,35)/b31-16+. The lowest BCUT2D eigenvalue weighted by molar-refractivity contribution is -0.136. The lowest BCUT2D eigenvalue weighted by Crippen LogP contribution is -2.32. The molecule has 0 aliphatic heterocycles. The maximum Gasteiger partial charge on any atom is 0.329 e. The molecule has 0 saturated heterocycles. The molecule has 188 valence electrons. The average molecular weight is 560 g/mol. The third-order valence-corrected chi connectivity index (χ3v) is 6.32. The van der Waals surface area contributed by atoms with Crippen molar-refractivity contribution < 1.29 is 19.1 Å². The summed E-state index contributed by atoms with van der Waals surface area (Å²) in [5.41, 5.74) is 6.35. The van der Waals surface area contributed by atoms with Crippen LogP contribution in [0.5, 0.6) is 11.5 Å². The molecule has 37 heavy (non-hydrogen) atoms. The van der Waals surface area contributed by atoms with Crippen molar-refractivity contribution in [3.63, 3.8) is 0 Å². The van der Waals surface area contributed by atoms with Gasteiger partial charge in [0, 0.05) is 5.69 Å². The molecule has 0 aliphatic rings. The third-order valence-electron chi connectivity index (χ3n) is 5.73. The van der Waals surface area contributed by atoms with Crippen LogP contribution in [0.2, 0.25) is 0 Å². The molecule has 0 atom stereocenters. The van der Waals surface area contributed by atoms with E-state index in [9.17, 15) is 9.59 Å². The zero-order valence-corrected chi connectivity index (χ0v) is 22.3. The van der Waals surface area contributed by atoms with Crippen molar-refractivity contribution >= 4 is 50.4 Å². The molecule has 4 aromatic carbocycles. The number of nitrogens with zero attached hydrogens (tertiary/aromatic N) is 1. The van der Waals surface area contributed by atoms with Crippen LogP contribution in [0.3, 0.4) is 0 Å². The molecule has 0 saturated carbocycles. The summed E-state index contributed by atoms with van der Waals surface area (Å²) in [5.74, 6) is -0.639. The Kier molecular flexibility index (Phi) is 8.20. The number of nitrogens with one attached hydrogen (secondary N) is 2. The summed E-state index contributed by atoms with van der Waals surface area (Å²) in [6.07, 6.45) is 1.42. The minimum Gasteiger partial charge on any atom is -0.493 e. The van der Waals surface area contributed by atoms with Crippen molar-refractivity contribution in [2.24, 2.45) is 5.10 Å². The predicted octanol–water partition coefficient (Wildman–Crippen LogP) is 5.90. The average Bonchev–Trinajstić information content (AvgIpc) is 2.89. The summed E-state index contributed by atoms with van der Waals surface area (Å²) < 4.78 is 12.3. The highest BCUT2D eigenvalue weighted by Crippen LogP contribution is 2.37. The van der Waals surface area contributed by atoms with Crippen LogP contribution >= 0.6 is 15.9 Å². The molecule has 0 heterocycles. The van der Waals surface area contributed by atoms with Gasteiger partial charge in [-0.25, -0.2) is 5.43 Å². The second-order valence-electron chi connectivity index (χ2n) is 8.43. The fourth-order valence-electron chi connectivity index (χ4n) is 3.79. The van der Waals surface area contributed by atoms with Gasteiger partial charge in [-0.15, -0.1) is 0 Å². The summed E-state index contributed by atoms with van der Waals surface area (Å²) in [5, 5.41) is 8.79. The Morgan fingerprint density at radius 2 is 1.76 bits per heavy atom. The van der Waals surface area contributed by atoms with Crippen LogP contribution in [-0.2, 0) is 16.2 Å². The summed E-state index contributed by atoms with van der Waals surface area (Å²) >= 11 is 3.54. The number of amides is 2. The first kappa shape index (κ1) is 25.9. The Morgan fingerprint density at radius 1 is 0.973 bits per heavy atom. The number of anilines is 1. The summed E-state index contributed by atoms with van der Waals surface area (Å²) in [6.45, 7) is 4.12. The molecule has 2 N–H and O–H groups in total. The van der Waals surface area contributed by atoms with E-state index in [4.69, 9.17) is 9.47 Å². The van der Waals surface area contributed by atoms with Crippen LogP contribution in [0.15, 0.2) is 82.4 Å². The normalized spacial score (nSPS) is 10.9. The van der Waals surface area contributed by atoms with E-state index < -0.39 is 11.8 Å². The molecule has 0 fully saturated rings. The van der Waals surface area contributed by atoms with Crippen molar-refractivity contribution in [1.82, 2.24) is 5.43 Å². The van der Waals surface area contributed by atoms with Crippen LogP contribution in [0.1, 0.15) is 22.3 Å². The number of hydrogen-bond donors (Lipinski definition) is 2. The molecule has 0 bridgehead atoms. The van der Waals surface area contributed by atoms with Gasteiger partial charge in [0.05, 0.1) is 17.8 Å². The smallest absolute Gasteiger partial charge is 0.329 e. The number of halogens is 1. The van der Waals surface area contributed by atoms with Crippen LogP contribution in [-0.4, -0.2) is 25.1 Å². The quantitative estimate of drug-likeness (QED) is 0.168. The van der Waals surface area contributed by atoms with Crippen molar-refractivity contribution in [2.75, 3.05) is 12.4 Å². The first-order valence-electron chi connectivity index (χ1n) is 11.5. The summed E-state index contributed by atoms with van der Waals surface area (Å²) in [4.78, 5) is 24.4. The predicted molar refractivity (Wildman–Crippen MR) is 149 cm³/mol. The zero-order valence-electron chi connectivity index (χ0n) is 20.7. The highest BCUT2D eigenvalue weighted by Gasteiger charge is 2.15. The zero-order chi connectivity index (χ0) is 26.4. The number of aryl methyl sites for hydroxylation is 2. The van der Waals surface area contributed by atoms with Gasteiger partial charge in [0.25, 0.3) is 0 Å². The van der Waals surface area contributed by atoms with Gasteiger partial charge in [0.2, 0.25) is 0 Å². The van der Waals surface area contributed by atoms with Gasteiger partial charge in [0.15, 0.2) is 11.5 Å². The van der Waals surface area contributed by atoms with Gasteiger partial charge in [-0.1, -0.05) is 54.6 Å². The molecular weight excluding hydrogens is 534 g/mol. The molecule has 0 spiro atoms. The van der Waals surface area contributed by atoms with Crippen LogP contribution in [0, 0.1) is 13.8 Å². The SMILES string of the molecule is COc1cc(/C=N/NC(=O)C(=O)Nc2cc(C)ccc2C)cc(Br)c1OCc1cccc2ccccc12. The van der Waals surface area contributed by atoms with Crippen molar-refractivity contribution in [3.8, 4) is 11.5 Å². The second kappa shape index (κ2) is 11.7. The Bertz CT molecular complexity index is 1500. The van der Waals surface area contributed by atoms with E-state index in [0.717, 1.165) is 27.5 Å². The number of hydrogen-bond acceptors (Lipinski definition) is 5. The lowest BCUT2D eigenvalue weighted by atomic mass is 10.1. The number of carbonyl (C=O) groups excluding carboxylic acids is 2. The van der Waals surface area contributed by atoms with Crippen molar-refractivity contribution in [1.29, 1.82) is 0 Å². The van der Waals surface area contributed by atoms with Gasteiger partial charge in [-0.3, -0.25) is 9.59 Å². The molecule has 2 amide bonds. The number of fused-ring (bicyclic) bond motifs is 1. The van der Waals surface area contributed by atoms with Gasteiger partial charge >= 0.3 is 11.8 Å². The number of carbonyl (C=O) groups is 2. The van der Waals surface area contributed by atoms with E-state index in [0.29, 0.717) is 33.8 Å². The molecular formula is C29H26BrN3O4. The Balaban J connectivity index is 1.42. The van der Waals surface area contributed by atoms with Gasteiger partial charge < -0.3 is 14.8 Å². The molecule has 7 nitrogen and oxygen atoms in total. The number of hydrazone groups is 1. The highest BCUT2D eigenvalue weighted by molar-refractivity contribution is 9.10. The lowest BCUT2D eigenvalue weighted by Gasteiger charge is -2.14. The molecule has 0 radical (unpaired) electrons. The van der Waals surface area contributed by atoms with Crippen LogP contribution < -0.4 is 20.2 Å². The first-order valence-corrected chi connectivity index (χ1v) is 12.3. The van der Waals surface area contributed by atoms with Crippen LogP contribution in [0.25, 0.3) is 10.8 Å². The molecule has 0 aliphatic carbocycles. The van der Waals surface area contributed by atoms with Crippen molar-refractivity contribution in [3.05, 3.63) is 99.5 Å². The maximum atomic E-state index is 12.2. The molecule has 4 rings (SSSR count). The summed E-state index contributed by atoms with van der Waals surface area (Å²) in [7, 11) is 1.55. The Hall–Kier alpha value is -4.17. The van der Waals surface area contributed by atoms with Gasteiger partial charge in [-0.05, 0) is 81.0 Å². The fourth-order valence-corrected chi connectivity index (χ4v) is 4.36. The first-order chi connectivity index (χ1) is 17.9. The van der Waals surface area contributed by atoms with Gasteiger partial charge in [-0.2, -0.15) is 5.10 Å². The fraction of sp³-hybridized carbons (Fsp3) is 0.138. The molecule has 0 unspecified atom stereocenters. The number of ether oxygens (including phenoxy) is 2. The van der Waals surface area contributed by atoms with Crippen LogP contribution in [0.4, 0.5) is 5.69 Å². The molecule has 8 heteroatoms. The Morgan fingerprint density at radius 3 is 2.57 bits per heavy atom. The van der Waals surface area contributed by atoms with E-state index in [1.807, 2.05) is 50.2 Å². The van der Waals surface area contributed by atoms with E-state index in [1.165, 1.54) is 6.21 Å². The number of rotatable bonds is 7. The second-order valence-corrected chi connectivity index (χ2v) is 9.29. The van der Waals surface area contributed by atoms with E-state index >= 15 is 0 Å². The largest absolute Gasteiger partial charge is 0.493 e. The molecule has 0 aromatic heterocycles. The number of methoxy groups -OCH3 is 1. The van der Waals surface area contributed by atoms with Gasteiger partial charge in [0.1, 0.15) is 6.61 Å². The minimum atomic E-state index is -0.877. The Labute approximate surface area is 223 Å². The minimum absolute atomic E-state index is 0.356. The number of benzene rings is 4. The van der Waals surface area contributed by atoms with E-state index in [1.54, 1.807) is 25.3 Å². The maximum absolute atomic E-state index is 12.2. The third kappa shape index (κ3) is 6.34.